The third-order valence-electron chi connectivity index (χ3n) is 4.60. The monoisotopic (exact) mass is 405 g/mol. The van der Waals surface area contributed by atoms with Crippen molar-refractivity contribution in [2.75, 3.05) is 32.1 Å². The highest BCUT2D eigenvalue weighted by atomic mass is 32.2. The fraction of sp³-hybridized carbons (Fsp3) is 0.450. The van der Waals surface area contributed by atoms with Gasteiger partial charge in [0.25, 0.3) is 0 Å². The van der Waals surface area contributed by atoms with E-state index >= 15 is 0 Å². The molecule has 0 radical (unpaired) electrons. The molecule has 2 aromatic rings. The van der Waals surface area contributed by atoms with Crippen LogP contribution in [0, 0.1) is 0 Å². The number of thioether (sulfide) groups is 1. The molecule has 1 fully saturated rings. The minimum atomic E-state index is 0.138. The Morgan fingerprint density at radius 3 is 2.85 bits per heavy atom. The summed E-state index contributed by atoms with van der Waals surface area (Å²) in [7, 11) is 0. The van der Waals surface area contributed by atoms with E-state index in [-0.39, 0.29) is 12.0 Å². The largest absolute Gasteiger partial charge is 0.486 e. The van der Waals surface area contributed by atoms with E-state index in [1.54, 1.807) is 11.3 Å². The first-order valence-electron chi connectivity index (χ1n) is 9.22. The fourth-order valence-corrected chi connectivity index (χ4v) is 4.78. The van der Waals surface area contributed by atoms with Crippen molar-refractivity contribution in [1.29, 1.82) is 0 Å². The highest BCUT2D eigenvalue weighted by Gasteiger charge is 2.23. The molecule has 0 bridgehead atoms. The second-order valence-corrected chi connectivity index (χ2v) is 8.66. The Morgan fingerprint density at radius 1 is 1.19 bits per heavy atom. The molecular formula is C20H23NO4S2. The normalized spacial score (nSPS) is 18.4. The van der Waals surface area contributed by atoms with E-state index in [1.165, 1.54) is 16.6 Å². The van der Waals surface area contributed by atoms with Crippen LogP contribution in [0.2, 0.25) is 0 Å². The quantitative estimate of drug-likeness (QED) is 0.656. The van der Waals surface area contributed by atoms with Crippen LogP contribution in [0.4, 0.5) is 0 Å². The Morgan fingerprint density at radius 2 is 2.07 bits per heavy atom. The van der Waals surface area contributed by atoms with Crippen LogP contribution in [0.3, 0.4) is 0 Å². The Labute approximate surface area is 167 Å². The lowest BCUT2D eigenvalue weighted by Gasteiger charge is -2.25. The predicted octanol–water partition coefficient (Wildman–Crippen LogP) is 3.82. The second kappa shape index (κ2) is 8.99. The lowest BCUT2D eigenvalue weighted by Crippen LogP contribution is -2.37. The van der Waals surface area contributed by atoms with E-state index in [1.807, 2.05) is 34.5 Å². The number of hydrogen-bond acceptors (Lipinski definition) is 6. The summed E-state index contributed by atoms with van der Waals surface area (Å²) in [5, 5.41) is 2.05. The van der Waals surface area contributed by atoms with Crippen molar-refractivity contribution in [1.82, 2.24) is 4.90 Å². The van der Waals surface area contributed by atoms with Crippen LogP contribution < -0.4 is 9.47 Å². The van der Waals surface area contributed by atoms with Crippen LogP contribution in [-0.4, -0.2) is 49.0 Å². The van der Waals surface area contributed by atoms with Crippen molar-refractivity contribution in [2.45, 2.75) is 30.4 Å². The number of carbonyl (C=O) groups is 1. The van der Waals surface area contributed by atoms with Crippen LogP contribution in [0.1, 0.15) is 17.7 Å². The maximum absolute atomic E-state index is 12.9. The molecule has 3 heterocycles. The fourth-order valence-electron chi connectivity index (χ4n) is 3.23. The van der Waals surface area contributed by atoms with Crippen LogP contribution in [-0.2, 0) is 16.1 Å². The van der Waals surface area contributed by atoms with Gasteiger partial charge in [-0.1, -0.05) is 6.07 Å². The Bertz CT molecular complexity index is 759. The zero-order chi connectivity index (χ0) is 18.5. The van der Waals surface area contributed by atoms with Gasteiger partial charge >= 0.3 is 0 Å². The van der Waals surface area contributed by atoms with Gasteiger partial charge in [0.15, 0.2) is 11.5 Å². The minimum absolute atomic E-state index is 0.138. The van der Waals surface area contributed by atoms with Crippen molar-refractivity contribution in [3.05, 3.63) is 40.6 Å². The van der Waals surface area contributed by atoms with Crippen LogP contribution >= 0.6 is 23.1 Å². The van der Waals surface area contributed by atoms with Crippen LogP contribution in [0.5, 0.6) is 11.5 Å². The smallest absolute Gasteiger partial charge is 0.233 e. The number of ether oxygens (including phenoxy) is 3. The average molecular weight is 406 g/mol. The lowest BCUT2D eigenvalue weighted by molar-refractivity contribution is -0.130. The highest BCUT2D eigenvalue weighted by molar-refractivity contribution is 8.00. The molecule has 0 saturated carbocycles. The number of thiophene rings is 1. The van der Waals surface area contributed by atoms with Gasteiger partial charge in [-0.3, -0.25) is 4.79 Å². The van der Waals surface area contributed by atoms with Gasteiger partial charge in [0.05, 0.1) is 18.4 Å². The molecule has 5 nitrogen and oxygen atoms in total. The molecule has 2 aliphatic rings. The third kappa shape index (κ3) is 4.97. The van der Waals surface area contributed by atoms with Gasteiger partial charge in [0.2, 0.25) is 5.91 Å². The van der Waals surface area contributed by atoms with Gasteiger partial charge in [-0.25, -0.2) is 0 Å². The molecule has 2 aliphatic heterocycles. The first-order chi connectivity index (χ1) is 13.3. The van der Waals surface area contributed by atoms with Gasteiger partial charge in [-0.15, -0.1) is 23.1 Å². The molecule has 1 amide bonds. The zero-order valence-corrected chi connectivity index (χ0v) is 16.7. The molecule has 7 heteroatoms. The van der Waals surface area contributed by atoms with Crippen LogP contribution in [0.25, 0.3) is 0 Å². The molecular weight excluding hydrogens is 382 g/mol. The van der Waals surface area contributed by atoms with Crippen molar-refractivity contribution in [3.63, 3.8) is 0 Å². The van der Waals surface area contributed by atoms with Crippen molar-refractivity contribution in [2.24, 2.45) is 0 Å². The number of amides is 1. The molecule has 27 heavy (non-hydrogen) atoms. The van der Waals surface area contributed by atoms with Crippen molar-refractivity contribution < 1.29 is 19.0 Å². The van der Waals surface area contributed by atoms with Gasteiger partial charge < -0.3 is 19.1 Å². The number of nitrogens with zero attached hydrogens (tertiary/aromatic N) is 1. The third-order valence-corrected chi connectivity index (χ3v) is 6.44. The van der Waals surface area contributed by atoms with E-state index < -0.39 is 0 Å². The van der Waals surface area contributed by atoms with Gasteiger partial charge in [-0.2, -0.15) is 0 Å². The lowest BCUT2D eigenvalue weighted by atomic mass is 10.2. The molecule has 0 N–H and O–H groups in total. The van der Waals surface area contributed by atoms with Crippen molar-refractivity contribution in [3.8, 4) is 11.5 Å². The summed E-state index contributed by atoms with van der Waals surface area (Å²) in [4.78, 5) is 17.1. The molecule has 0 spiro atoms. The average Bonchev–Trinajstić information content (AvgIpc) is 3.39. The molecule has 1 aromatic heterocycles. The first-order valence-corrected chi connectivity index (χ1v) is 11.1. The Balaban J connectivity index is 1.38. The first kappa shape index (κ1) is 18.7. The second-order valence-electron chi connectivity index (χ2n) is 6.58. The molecule has 1 saturated heterocycles. The molecule has 144 valence electrons. The number of carbonyl (C=O) groups excluding carboxylic acids is 1. The van der Waals surface area contributed by atoms with E-state index in [2.05, 4.69) is 6.07 Å². The summed E-state index contributed by atoms with van der Waals surface area (Å²) in [6, 6.07) is 9.95. The van der Waals surface area contributed by atoms with E-state index in [4.69, 9.17) is 14.2 Å². The Hall–Kier alpha value is -1.70. The van der Waals surface area contributed by atoms with E-state index in [0.717, 1.165) is 35.8 Å². The summed E-state index contributed by atoms with van der Waals surface area (Å²) < 4.78 is 16.9. The molecule has 1 aromatic carbocycles. The molecule has 1 unspecified atom stereocenters. The molecule has 0 aliphatic carbocycles. The predicted molar refractivity (Wildman–Crippen MR) is 107 cm³/mol. The maximum atomic E-state index is 12.9. The van der Waals surface area contributed by atoms with E-state index in [0.29, 0.717) is 32.1 Å². The number of hydrogen-bond donors (Lipinski definition) is 0. The van der Waals surface area contributed by atoms with Crippen LogP contribution in [0.15, 0.2) is 40.6 Å². The SMILES string of the molecule is O=C(CSc1ccc2c(c1)OCCO2)N(Cc1cccs1)CC1CCCO1. The van der Waals surface area contributed by atoms with Gasteiger partial charge in [0.1, 0.15) is 13.2 Å². The molecule has 4 rings (SSSR count). The van der Waals surface area contributed by atoms with Gasteiger partial charge in [-0.05, 0) is 42.5 Å². The summed E-state index contributed by atoms with van der Waals surface area (Å²) in [6.07, 6.45) is 2.27. The zero-order valence-electron chi connectivity index (χ0n) is 15.1. The van der Waals surface area contributed by atoms with Gasteiger partial charge in [0, 0.05) is 22.9 Å². The minimum Gasteiger partial charge on any atom is -0.486 e. The summed E-state index contributed by atoms with van der Waals surface area (Å²) >= 11 is 3.22. The highest BCUT2D eigenvalue weighted by Crippen LogP contribution is 2.34. The summed E-state index contributed by atoms with van der Waals surface area (Å²) in [5.74, 6) is 2.07. The summed E-state index contributed by atoms with van der Waals surface area (Å²) in [5.41, 5.74) is 0. The summed E-state index contributed by atoms with van der Waals surface area (Å²) in [6.45, 7) is 3.27. The molecule has 1 atom stereocenters. The number of rotatable bonds is 7. The standard InChI is InChI=1S/C20H23NO4S2/c22-20(14-27-16-5-6-18-19(11-16)25-9-8-24-18)21(12-15-3-1-7-23-15)13-17-4-2-10-26-17/h2,4-6,10-11,15H,1,3,7-9,12-14H2. The number of benzene rings is 1. The Kier molecular flexibility index (Phi) is 6.21. The van der Waals surface area contributed by atoms with E-state index in [9.17, 15) is 4.79 Å². The maximum Gasteiger partial charge on any atom is 0.233 e. The van der Waals surface area contributed by atoms with Crippen molar-refractivity contribution >= 4 is 29.0 Å². The topological polar surface area (TPSA) is 48.0 Å². The number of fused-ring (bicyclic) bond motifs is 1.